The summed E-state index contributed by atoms with van der Waals surface area (Å²) in [6.07, 6.45) is 5.45. The van der Waals surface area contributed by atoms with Crippen molar-refractivity contribution in [3.63, 3.8) is 0 Å². The van der Waals surface area contributed by atoms with Gasteiger partial charge in [0.15, 0.2) is 5.78 Å². The first-order valence-corrected chi connectivity index (χ1v) is 12.1. The first-order chi connectivity index (χ1) is 17.0. The molecule has 0 atom stereocenters. The molecule has 0 spiro atoms. The fourth-order valence-electron chi connectivity index (χ4n) is 4.14. The van der Waals surface area contributed by atoms with E-state index in [1.165, 1.54) is 0 Å². The third kappa shape index (κ3) is 6.31. The van der Waals surface area contributed by atoms with Crippen LogP contribution >= 0.6 is 11.6 Å². The molecule has 1 saturated heterocycles. The van der Waals surface area contributed by atoms with Crippen molar-refractivity contribution in [3.8, 4) is 5.75 Å². The average Bonchev–Trinajstić information content (AvgIpc) is 2.91. The predicted octanol–water partition coefficient (Wildman–Crippen LogP) is 4.74. The van der Waals surface area contributed by atoms with Crippen molar-refractivity contribution in [3.05, 3.63) is 83.1 Å². The van der Waals surface area contributed by atoms with E-state index in [0.717, 1.165) is 38.2 Å². The van der Waals surface area contributed by atoms with Gasteiger partial charge >= 0.3 is 0 Å². The largest absolute Gasteiger partial charge is 0.497 e. The van der Waals surface area contributed by atoms with Crippen LogP contribution < -0.4 is 15.4 Å². The Labute approximate surface area is 210 Å². The van der Waals surface area contributed by atoms with Crippen molar-refractivity contribution in [2.75, 3.05) is 43.9 Å². The van der Waals surface area contributed by atoms with Crippen LogP contribution in [0.2, 0.25) is 5.02 Å². The summed E-state index contributed by atoms with van der Waals surface area (Å²) in [6.45, 7) is 2.47. The molecule has 3 aromatic rings. The van der Waals surface area contributed by atoms with E-state index >= 15 is 0 Å². The van der Waals surface area contributed by atoms with Crippen LogP contribution in [-0.4, -0.2) is 54.9 Å². The van der Waals surface area contributed by atoms with Gasteiger partial charge in [0, 0.05) is 48.8 Å². The molecular formula is C27H29ClN4O3. The Hall–Kier alpha value is -3.58. The zero-order valence-electron chi connectivity index (χ0n) is 19.7. The normalized spacial score (nSPS) is 13.8. The van der Waals surface area contributed by atoms with Gasteiger partial charge in [-0.25, -0.2) is 0 Å². The molecular weight excluding hydrogens is 464 g/mol. The van der Waals surface area contributed by atoms with Crippen LogP contribution in [0.4, 0.5) is 11.4 Å². The number of anilines is 2. The standard InChI is InChI=1S/C27H29ClN4O3/c1-35-22-7-5-20(6-8-22)27(34)23-3-2-4-24(26(23)28)31-18-25(33)32-15-11-19(12-16-32)17-30-21-9-13-29-14-10-21/h2-10,13-14,19,31H,11-12,15-18H2,1H3,(H,29,30). The van der Waals surface area contributed by atoms with E-state index < -0.39 is 0 Å². The van der Waals surface area contributed by atoms with E-state index in [2.05, 4.69) is 15.6 Å². The SMILES string of the molecule is COc1ccc(C(=O)c2cccc(NCC(=O)N3CCC(CNc4ccncc4)CC3)c2Cl)cc1. The van der Waals surface area contributed by atoms with Crippen LogP contribution in [0.5, 0.6) is 5.75 Å². The van der Waals surface area contributed by atoms with Gasteiger partial charge in [-0.1, -0.05) is 17.7 Å². The highest BCUT2D eigenvalue weighted by atomic mass is 35.5. The van der Waals surface area contributed by atoms with Gasteiger partial charge in [0.05, 0.1) is 24.4 Å². The lowest BCUT2D eigenvalue weighted by atomic mass is 9.96. The first kappa shape index (κ1) is 24.5. The molecule has 35 heavy (non-hydrogen) atoms. The zero-order chi connectivity index (χ0) is 24.6. The molecule has 1 aromatic heterocycles. The molecule has 2 N–H and O–H groups in total. The molecule has 2 aromatic carbocycles. The van der Waals surface area contributed by atoms with Gasteiger partial charge in [0.2, 0.25) is 5.91 Å². The number of amides is 1. The topological polar surface area (TPSA) is 83.6 Å². The number of ketones is 1. The van der Waals surface area contributed by atoms with Gasteiger partial charge in [-0.15, -0.1) is 0 Å². The van der Waals surface area contributed by atoms with Crippen LogP contribution in [0.25, 0.3) is 0 Å². The number of hydrogen-bond acceptors (Lipinski definition) is 6. The molecule has 0 unspecified atom stereocenters. The van der Waals surface area contributed by atoms with Gasteiger partial charge in [-0.2, -0.15) is 0 Å². The minimum atomic E-state index is -0.185. The minimum absolute atomic E-state index is 0.0218. The molecule has 182 valence electrons. The van der Waals surface area contributed by atoms with Gasteiger partial charge in [-0.05, 0) is 67.3 Å². The third-order valence-corrected chi connectivity index (χ3v) is 6.68. The number of pyridine rings is 1. The van der Waals surface area contributed by atoms with Gasteiger partial charge < -0.3 is 20.3 Å². The van der Waals surface area contributed by atoms with Crippen LogP contribution in [0, 0.1) is 5.92 Å². The lowest BCUT2D eigenvalue weighted by Crippen LogP contribution is -2.42. The van der Waals surface area contributed by atoms with E-state index in [9.17, 15) is 9.59 Å². The fourth-order valence-corrected chi connectivity index (χ4v) is 4.42. The number of ether oxygens (including phenoxy) is 1. The van der Waals surface area contributed by atoms with Crippen molar-refractivity contribution in [1.82, 2.24) is 9.88 Å². The van der Waals surface area contributed by atoms with E-state index in [-0.39, 0.29) is 18.2 Å². The Balaban J connectivity index is 1.28. The van der Waals surface area contributed by atoms with Crippen LogP contribution in [0.3, 0.4) is 0 Å². The monoisotopic (exact) mass is 492 g/mol. The van der Waals surface area contributed by atoms with Crippen LogP contribution in [-0.2, 0) is 4.79 Å². The average molecular weight is 493 g/mol. The first-order valence-electron chi connectivity index (χ1n) is 11.7. The molecule has 1 aliphatic heterocycles. The molecule has 1 fully saturated rings. The third-order valence-electron chi connectivity index (χ3n) is 6.27. The molecule has 0 saturated carbocycles. The summed E-state index contributed by atoms with van der Waals surface area (Å²) in [5, 5.41) is 6.87. The molecule has 4 rings (SSSR count). The number of carbonyl (C=O) groups is 2. The number of methoxy groups -OCH3 is 1. The van der Waals surface area contributed by atoms with Crippen molar-refractivity contribution in [2.24, 2.45) is 5.92 Å². The fraction of sp³-hybridized carbons (Fsp3) is 0.296. The van der Waals surface area contributed by atoms with E-state index in [1.807, 2.05) is 17.0 Å². The Bertz CT molecular complexity index is 1150. The number of nitrogens with zero attached hydrogens (tertiary/aromatic N) is 2. The van der Waals surface area contributed by atoms with E-state index in [4.69, 9.17) is 16.3 Å². The van der Waals surface area contributed by atoms with Crippen molar-refractivity contribution < 1.29 is 14.3 Å². The number of rotatable bonds is 9. The maximum absolute atomic E-state index is 12.9. The highest BCUT2D eigenvalue weighted by molar-refractivity contribution is 6.37. The number of halogens is 1. The number of benzene rings is 2. The van der Waals surface area contributed by atoms with E-state index in [1.54, 1.807) is 62.0 Å². The summed E-state index contributed by atoms with van der Waals surface area (Å²) in [5.74, 6) is 1.04. The molecule has 1 aliphatic rings. The number of aromatic nitrogens is 1. The smallest absolute Gasteiger partial charge is 0.241 e. The second-order valence-corrected chi connectivity index (χ2v) is 8.90. The number of carbonyl (C=O) groups excluding carboxylic acids is 2. The highest BCUT2D eigenvalue weighted by Crippen LogP contribution is 2.28. The summed E-state index contributed by atoms with van der Waals surface area (Å²) >= 11 is 6.54. The Morgan fingerprint density at radius 2 is 1.74 bits per heavy atom. The van der Waals surface area contributed by atoms with Gasteiger partial charge in [0.25, 0.3) is 0 Å². The molecule has 7 nitrogen and oxygen atoms in total. The predicted molar refractivity (Wildman–Crippen MR) is 138 cm³/mol. The molecule has 0 aliphatic carbocycles. The van der Waals surface area contributed by atoms with Gasteiger partial charge in [-0.3, -0.25) is 14.6 Å². The van der Waals surface area contributed by atoms with Crippen molar-refractivity contribution in [2.45, 2.75) is 12.8 Å². The lowest BCUT2D eigenvalue weighted by molar-refractivity contribution is -0.130. The van der Waals surface area contributed by atoms with E-state index in [0.29, 0.717) is 33.5 Å². The van der Waals surface area contributed by atoms with Crippen molar-refractivity contribution >= 4 is 34.7 Å². The Morgan fingerprint density at radius 1 is 1.03 bits per heavy atom. The number of hydrogen-bond donors (Lipinski definition) is 2. The molecule has 0 bridgehead atoms. The summed E-state index contributed by atoms with van der Waals surface area (Å²) in [5.41, 5.74) is 2.53. The van der Waals surface area contributed by atoms with Gasteiger partial charge in [0.1, 0.15) is 5.75 Å². The highest BCUT2D eigenvalue weighted by Gasteiger charge is 2.23. The minimum Gasteiger partial charge on any atom is -0.497 e. The number of piperidine rings is 1. The lowest BCUT2D eigenvalue weighted by Gasteiger charge is -2.32. The number of nitrogens with one attached hydrogen (secondary N) is 2. The summed E-state index contributed by atoms with van der Waals surface area (Å²) in [4.78, 5) is 31.6. The van der Waals surface area contributed by atoms with Crippen LogP contribution in [0.1, 0.15) is 28.8 Å². The Kier molecular flexibility index (Phi) is 8.21. The second kappa shape index (κ2) is 11.7. The zero-order valence-corrected chi connectivity index (χ0v) is 20.4. The Morgan fingerprint density at radius 3 is 2.43 bits per heavy atom. The van der Waals surface area contributed by atoms with Crippen LogP contribution in [0.15, 0.2) is 67.0 Å². The molecule has 2 heterocycles. The summed E-state index contributed by atoms with van der Waals surface area (Å²) < 4.78 is 5.15. The van der Waals surface area contributed by atoms with Crippen molar-refractivity contribution in [1.29, 1.82) is 0 Å². The second-order valence-electron chi connectivity index (χ2n) is 8.52. The maximum atomic E-state index is 12.9. The molecule has 8 heteroatoms. The maximum Gasteiger partial charge on any atom is 0.241 e. The molecule has 1 amide bonds. The summed E-state index contributed by atoms with van der Waals surface area (Å²) in [7, 11) is 1.58. The number of likely N-dealkylation sites (tertiary alicyclic amines) is 1. The quantitative estimate of drug-likeness (QED) is 0.420. The summed E-state index contributed by atoms with van der Waals surface area (Å²) in [6, 6.07) is 16.0. The molecule has 0 radical (unpaired) electrons.